The molecule has 0 saturated carbocycles. The Bertz CT molecular complexity index is 259. The van der Waals surface area contributed by atoms with Crippen molar-refractivity contribution in [1.29, 1.82) is 0 Å². The van der Waals surface area contributed by atoms with Crippen LogP contribution in [0, 0.1) is 0 Å². The fourth-order valence-electron chi connectivity index (χ4n) is 0.202. The van der Waals surface area contributed by atoms with Crippen LogP contribution < -0.4 is 15.3 Å². The Morgan fingerprint density at radius 2 is 0.700 bits per heavy atom. The van der Waals surface area contributed by atoms with Crippen LogP contribution in [0.1, 0.15) is 34.6 Å². The Morgan fingerprint density at radius 1 is 0.600 bits per heavy atom. The van der Waals surface area contributed by atoms with Crippen molar-refractivity contribution in [2.24, 2.45) is 0 Å². The summed E-state index contributed by atoms with van der Waals surface area (Å²) in [4.78, 5) is 46.3. The molecule has 0 aromatic rings. The van der Waals surface area contributed by atoms with Crippen molar-refractivity contribution in [3.8, 4) is 0 Å². The summed E-state index contributed by atoms with van der Waals surface area (Å²) >= 11 is 0. The molecule has 0 aliphatic carbocycles. The molecule has 0 aliphatic heterocycles. The van der Waals surface area contributed by atoms with Gasteiger partial charge >= 0.3 is 29.3 Å². The molecule has 0 N–H and O–H groups in total. The second kappa shape index (κ2) is 22.3. The molecule has 9 nitrogen and oxygen atoms in total. The van der Waals surface area contributed by atoms with Crippen molar-refractivity contribution < 1.29 is 61.4 Å². The van der Waals surface area contributed by atoms with E-state index >= 15 is 0 Å². The van der Waals surface area contributed by atoms with Crippen molar-refractivity contribution in [3.05, 3.63) is 0 Å². The summed E-state index contributed by atoms with van der Waals surface area (Å²) in [6, 6.07) is 0. The molecule has 10 heteroatoms. The summed E-state index contributed by atoms with van der Waals surface area (Å²) in [6.45, 7) is 5.28. The van der Waals surface area contributed by atoms with Gasteiger partial charge in [0.05, 0.1) is 0 Å². The number of hydrogen-bond acceptors (Lipinski definition) is 9. The quantitative estimate of drug-likeness (QED) is 0.321. The molecule has 0 heterocycles. The van der Waals surface area contributed by atoms with Crippen molar-refractivity contribution in [2.45, 2.75) is 34.6 Å². The molecular weight excluding hydrogens is 316 g/mol. The first-order valence-electron chi connectivity index (χ1n) is 4.54. The Morgan fingerprint density at radius 3 is 0.700 bits per heavy atom. The predicted octanol–water partition coefficient (Wildman–Crippen LogP) is -3.64. The topological polar surface area (TPSA) is 164 Å². The summed E-state index contributed by atoms with van der Waals surface area (Å²) in [7, 11) is 0. The van der Waals surface area contributed by atoms with E-state index in [0.717, 1.165) is 20.8 Å². The van der Waals surface area contributed by atoms with E-state index < -0.39 is 29.8 Å². The number of carbonyl (C=O) groups is 5. The molecule has 0 fully saturated rings. The van der Waals surface area contributed by atoms with Gasteiger partial charge in [0.2, 0.25) is 0 Å². The molecule has 1 radical (unpaired) electrons. The first kappa shape index (κ1) is 30.8. The number of esters is 2. The van der Waals surface area contributed by atoms with E-state index in [1.165, 1.54) is 13.8 Å². The van der Waals surface area contributed by atoms with E-state index in [9.17, 15) is 9.59 Å². The SMILES string of the molecule is CC(=O)OC(C)=O.CC(=O)[O-].CC(=O)[O-].CC(=O)[O-].[Cr+3]. The van der Waals surface area contributed by atoms with Crippen LogP contribution in [0.2, 0.25) is 0 Å². The van der Waals surface area contributed by atoms with Gasteiger partial charge in [-0.2, -0.15) is 0 Å². The molecule has 0 aliphatic rings. The fraction of sp³-hybridized carbons (Fsp3) is 0.500. The number of carbonyl (C=O) groups excluding carboxylic acids is 5. The first-order chi connectivity index (χ1) is 8.32. The third-order valence-corrected chi connectivity index (χ3v) is 0.287. The Balaban J connectivity index is -0.0000000512. The van der Waals surface area contributed by atoms with Gasteiger partial charge in [-0.1, -0.05) is 0 Å². The van der Waals surface area contributed by atoms with Crippen LogP contribution in [0.3, 0.4) is 0 Å². The average Bonchev–Trinajstić information content (AvgIpc) is 1.95. The normalized spacial score (nSPS) is 6.45. The number of carboxylic acids is 3. The van der Waals surface area contributed by atoms with E-state index in [0.29, 0.717) is 0 Å². The second-order valence-electron chi connectivity index (χ2n) is 2.56. The molecule has 0 aromatic heterocycles. The van der Waals surface area contributed by atoms with Crippen LogP contribution in [-0.2, 0) is 46.1 Å². The number of carboxylic acid groups (broad SMARTS) is 3. The van der Waals surface area contributed by atoms with Gasteiger partial charge < -0.3 is 34.4 Å². The zero-order valence-electron chi connectivity index (χ0n) is 11.6. The van der Waals surface area contributed by atoms with Gasteiger partial charge in [-0.05, 0) is 20.8 Å². The van der Waals surface area contributed by atoms with Crippen molar-refractivity contribution in [2.75, 3.05) is 0 Å². The molecule has 0 amide bonds. The van der Waals surface area contributed by atoms with Crippen LogP contribution in [0.15, 0.2) is 0 Å². The van der Waals surface area contributed by atoms with E-state index in [1.54, 1.807) is 0 Å². The summed E-state index contributed by atoms with van der Waals surface area (Å²) in [5.74, 6) is -4.37. The number of ether oxygens (including phenoxy) is 1. The van der Waals surface area contributed by atoms with Crippen LogP contribution in [0.4, 0.5) is 0 Å². The second-order valence-corrected chi connectivity index (χ2v) is 2.56. The van der Waals surface area contributed by atoms with Gasteiger partial charge in [0.25, 0.3) is 0 Å². The van der Waals surface area contributed by atoms with E-state index in [4.69, 9.17) is 29.7 Å². The van der Waals surface area contributed by atoms with Gasteiger partial charge in [-0.15, -0.1) is 0 Å². The van der Waals surface area contributed by atoms with Crippen molar-refractivity contribution in [1.82, 2.24) is 0 Å². The minimum Gasteiger partial charge on any atom is -0.550 e. The van der Waals surface area contributed by atoms with Crippen molar-refractivity contribution in [3.63, 3.8) is 0 Å². The van der Waals surface area contributed by atoms with Crippen LogP contribution in [0.25, 0.3) is 0 Å². The van der Waals surface area contributed by atoms with Gasteiger partial charge in [0.1, 0.15) is 0 Å². The molecule has 0 unspecified atom stereocenters. The summed E-state index contributed by atoms with van der Waals surface area (Å²) in [5, 5.41) is 26.7. The number of hydrogen-bond donors (Lipinski definition) is 0. The van der Waals surface area contributed by atoms with Crippen LogP contribution in [0.5, 0.6) is 0 Å². The smallest absolute Gasteiger partial charge is 0.550 e. The van der Waals surface area contributed by atoms with Gasteiger partial charge in [-0.25, -0.2) is 0 Å². The minimum absolute atomic E-state index is 0. The fourth-order valence-corrected chi connectivity index (χ4v) is 0.202. The monoisotopic (exact) mass is 331 g/mol. The van der Waals surface area contributed by atoms with Crippen molar-refractivity contribution >= 4 is 29.8 Å². The molecule has 115 valence electrons. The van der Waals surface area contributed by atoms with E-state index in [1.807, 2.05) is 0 Å². The third-order valence-electron chi connectivity index (χ3n) is 0.287. The van der Waals surface area contributed by atoms with E-state index in [2.05, 4.69) is 4.74 Å². The molecule has 0 aromatic carbocycles. The zero-order valence-corrected chi connectivity index (χ0v) is 12.9. The summed E-state index contributed by atoms with van der Waals surface area (Å²) < 4.78 is 3.97. The average molecular weight is 331 g/mol. The Hall–Kier alpha value is -1.92. The predicted molar refractivity (Wildman–Crippen MR) is 54.5 cm³/mol. The first-order valence-corrected chi connectivity index (χ1v) is 4.54. The van der Waals surface area contributed by atoms with Crippen LogP contribution in [-0.4, -0.2) is 29.8 Å². The molecule has 0 atom stereocenters. The van der Waals surface area contributed by atoms with Gasteiger partial charge in [0, 0.05) is 31.8 Å². The minimum atomic E-state index is -1.08. The van der Waals surface area contributed by atoms with Crippen LogP contribution >= 0.6 is 0 Å². The Labute approximate surface area is 126 Å². The maximum Gasteiger partial charge on any atom is 3.00 e. The third kappa shape index (κ3) is 844. The largest absolute Gasteiger partial charge is 3.00 e. The Kier molecular flexibility index (Phi) is 34.3. The molecule has 0 bridgehead atoms. The zero-order chi connectivity index (χ0) is 16.6. The number of rotatable bonds is 0. The molecule has 0 spiro atoms. The molecular formula is C10H15CrO9. The summed E-state index contributed by atoms with van der Waals surface area (Å²) in [6.07, 6.45) is 0. The molecule has 0 rings (SSSR count). The van der Waals surface area contributed by atoms with E-state index in [-0.39, 0.29) is 17.4 Å². The molecule has 20 heavy (non-hydrogen) atoms. The maximum atomic E-state index is 9.81. The summed E-state index contributed by atoms with van der Waals surface area (Å²) in [5.41, 5.74) is 0. The standard InChI is InChI=1S/C4H6O3.3C2H4O2.Cr/c1-3(5)7-4(2)6;3*1-2(3)4;/h1-2H3;3*1H3,(H,3,4);/q;;;;+3/p-3. The maximum absolute atomic E-state index is 9.81. The van der Waals surface area contributed by atoms with Gasteiger partial charge in [-0.3, -0.25) is 9.59 Å². The van der Waals surface area contributed by atoms with Gasteiger partial charge in [0.15, 0.2) is 0 Å². The molecule has 0 saturated heterocycles. The number of aliphatic carboxylic acids is 3.